The molecule has 1 N–H and O–H groups in total. The van der Waals surface area contributed by atoms with Crippen LogP contribution in [0.1, 0.15) is 0 Å². The molecule has 0 aromatic carbocycles. The summed E-state index contributed by atoms with van der Waals surface area (Å²) in [5.41, 5.74) is 0. The second kappa shape index (κ2) is 2.49. The summed E-state index contributed by atoms with van der Waals surface area (Å²) >= 11 is 0. The van der Waals surface area contributed by atoms with E-state index in [2.05, 4.69) is 5.32 Å². The monoisotopic (exact) mass is 143 g/mol. The van der Waals surface area contributed by atoms with E-state index in [-0.39, 0.29) is 0 Å². The molecule has 0 radical (unpaired) electrons. The Hall–Kier alpha value is -0.120. The zero-order chi connectivity index (χ0) is 6.97. The first-order valence-corrected chi connectivity index (χ1v) is 3.81. The highest BCUT2D eigenvalue weighted by Gasteiger charge is 2.53. The van der Waals surface area contributed by atoms with Crippen LogP contribution in [0.4, 0.5) is 0 Å². The average Bonchev–Trinajstić information content (AvgIpc) is 2.66. The zero-order valence-electron chi connectivity index (χ0n) is 6.17. The zero-order valence-corrected chi connectivity index (χ0v) is 6.17. The maximum atomic E-state index is 5.45. The van der Waals surface area contributed by atoms with Crippen LogP contribution < -0.4 is 5.32 Å². The summed E-state index contributed by atoms with van der Waals surface area (Å²) in [6.07, 6.45) is 0.808. The highest BCUT2D eigenvalue weighted by atomic mass is 16.6. The lowest BCUT2D eigenvalue weighted by Gasteiger charge is -2.09. The van der Waals surface area contributed by atoms with Gasteiger partial charge >= 0.3 is 0 Å². The Kier molecular flexibility index (Phi) is 1.64. The molecule has 0 amide bonds. The first kappa shape index (κ1) is 6.58. The van der Waals surface area contributed by atoms with Gasteiger partial charge in [-0.2, -0.15) is 0 Å². The van der Waals surface area contributed by atoms with Crippen LogP contribution in [0.15, 0.2) is 0 Å². The van der Waals surface area contributed by atoms with Gasteiger partial charge in [-0.1, -0.05) is 0 Å². The molecule has 0 aromatic rings. The van der Waals surface area contributed by atoms with Gasteiger partial charge in [0.05, 0.1) is 25.4 Å². The molecule has 3 heteroatoms. The molecule has 10 heavy (non-hydrogen) atoms. The number of fused-ring (bicyclic) bond motifs is 1. The predicted octanol–water partition coefficient (Wildman–Crippen LogP) is -0.380. The van der Waals surface area contributed by atoms with Crippen molar-refractivity contribution in [3.05, 3.63) is 0 Å². The average molecular weight is 143 g/mol. The molecule has 2 rings (SSSR count). The molecule has 2 fully saturated rings. The molecule has 3 nitrogen and oxygen atoms in total. The third-order valence-corrected chi connectivity index (χ3v) is 2.17. The summed E-state index contributed by atoms with van der Waals surface area (Å²) in [7, 11) is 1.96. The summed E-state index contributed by atoms with van der Waals surface area (Å²) in [5.74, 6) is 0.618. The smallest absolute Gasteiger partial charge is 0.0908 e. The van der Waals surface area contributed by atoms with Crippen LogP contribution in [0.3, 0.4) is 0 Å². The Balaban J connectivity index is 1.82. The van der Waals surface area contributed by atoms with Crippen molar-refractivity contribution in [1.82, 2.24) is 5.32 Å². The molecule has 0 bridgehead atoms. The molecule has 1 unspecified atom stereocenters. The van der Waals surface area contributed by atoms with Gasteiger partial charge in [-0.25, -0.2) is 0 Å². The van der Waals surface area contributed by atoms with Crippen molar-refractivity contribution in [1.29, 1.82) is 0 Å². The van der Waals surface area contributed by atoms with Crippen LogP contribution in [0.2, 0.25) is 0 Å². The van der Waals surface area contributed by atoms with E-state index in [4.69, 9.17) is 9.47 Å². The van der Waals surface area contributed by atoms with E-state index < -0.39 is 0 Å². The minimum Gasteiger partial charge on any atom is -0.373 e. The fourth-order valence-electron chi connectivity index (χ4n) is 1.59. The number of hydrogen-bond donors (Lipinski definition) is 1. The molecule has 0 aromatic heterocycles. The quantitative estimate of drug-likeness (QED) is 0.571. The van der Waals surface area contributed by atoms with Gasteiger partial charge in [-0.15, -0.1) is 0 Å². The predicted molar refractivity (Wildman–Crippen MR) is 36.9 cm³/mol. The van der Waals surface area contributed by atoms with Crippen molar-refractivity contribution in [2.75, 3.05) is 26.8 Å². The van der Waals surface area contributed by atoms with Crippen LogP contribution in [-0.2, 0) is 9.47 Å². The largest absolute Gasteiger partial charge is 0.373 e. The standard InChI is InChI=1S/C7H13NO2/c1-8-4-5-6-7(5)10-3-2-9-6/h5-8H,2-4H2,1H3/t5?,6-,7+. The second-order valence-corrected chi connectivity index (χ2v) is 2.89. The first-order chi connectivity index (χ1) is 4.93. The van der Waals surface area contributed by atoms with Crippen molar-refractivity contribution in [3.63, 3.8) is 0 Å². The maximum Gasteiger partial charge on any atom is 0.0908 e. The summed E-state index contributed by atoms with van der Waals surface area (Å²) in [5, 5.41) is 3.13. The summed E-state index contributed by atoms with van der Waals surface area (Å²) in [4.78, 5) is 0. The number of ether oxygens (including phenoxy) is 2. The lowest BCUT2D eigenvalue weighted by Crippen LogP contribution is -2.16. The van der Waals surface area contributed by atoms with Crippen LogP contribution in [-0.4, -0.2) is 39.0 Å². The highest BCUT2D eigenvalue weighted by Crippen LogP contribution is 2.39. The lowest BCUT2D eigenvalue weighted by atomic mass is 10.4. The Bertz CT molecular complexity index is 117. The third-order valence-electron chi connectivity index (χ3n) is 2.17. The van der Waals surface area contributed by atoms with Crippen molar-refractivity contribution in [2.24, 2.45) is 5.92 Å². The SMILES string of the molecule is CNCC1[C@H]2OCCO[C@@H]12. The molecule has 0 spiro atoms. The van der Waals surface area contributed by atoms with Gasteiger partial charge in [-0.05, 0) is 7.05 Å². The van der Waals surface area contributed by atoms with E-state index >= 15 is 0 Å². The molecule has 1 heterocycles. The van der Waals surface area contributed by atoms with Crippen LogP contribution >= 0.6 is 0 Å². The van der Waals surface area contributed by atoms with E-state index in [1.165, 1.54) is 0 Å². The van der Waals surface area contributed by atoms with Gasteiger partial charge < -0.3 is 14.8 Å². The fraction of sp³-hybridized carbons (Fsp3) is 1.00. The first-order valence-electron chi connectivity index (χ1n) is 3.81. The third kappa shape index (κ3) is 0.944. The van der Waals surface area contributed by atoms with E-state index in [0.29, 0.717) is 18.1 Å². The maximum absolute atomic E-state index is 5.45. The van der Waals surface area contributed by atoms with Gasteiger partial charge in [0.15, 0.2) is 0 Å². The Morgan fingerprint density at radius 2 is 1.90 bits per heavy atom. The molecule has 1 saturated heterocycles. The van der Waals surface area contributed by atoms with Gasteiger partial charge in [0.2, 0.25) is 0 Å². The van der Waals surface area contributed by atoms with Gasteiger partial charge in [0.1, 0.15) is 0 Å². The Morgan fingerprint density at radius 3 is 2.40 bits per heavy atom. The Morgan fingerprint density at radius 1 is 1.30 bits per heavy atom. The van der Waals surface area contributed by atoms with Crippen LogP contribution in [0.5, 0.6) is 0 Å². The van der Waals surface area contributed by atoms with Gasteiger partial charge in [0, 0.05) is 12.5 Å². The number of nitrogens with one attached hydrogen (secondary N) is 1. The molecule has 1 aliphatic heterocycles. The lowest BCUT2D eigenvalue weighted by molar-refractivity contribution is -0.0376. The molecular formula is C7H13NO2. The minimum atomic E-state index is 0.404. The summed E-state index contributed by atoms with van der Waals surface area (Å²) in [6, 6.07) is 0. The number of hydrogen-bond acceptors (Lipinski definition) is 3. The van der Waals surface area contributed by atoms with Gasteiger partial charge in [0.25, 0.3) is 0 Å². The van der Waals surface area contributed by atoms with Crippen LogP contribution in [0.25, 0.3) is 0 Å². The number of rotatable bonds is 2. The fourth-order valence-corrected chi connectivity index (χ4v) is 1.59. The normalized spacial score (nSPS) is 44.7. The van der Waals surface area contributed by atoms with E-state index in [1.54, 1.807) is 0 Å². The molecule has 58 valence electrons. The topological polar surface area (TPSA) is 30.5 Å². The Labute approximate surface area is 60.7 Å². The molecular weight excluding hydrogens is 130 g/mol. The molecule has 3 atom stereocenters. The molecule has 1 aliphatic carbocycles. The van der Waals surface area contributed by atoms with E-state index in [1.807, 2.05) is 7.05 Å². The van der Waals surface area contributed by atoms with Crippen LogP contribution in [0, 0.1) is 5.92 Å². The van der Waals surface area contributed by atoms with Crippen molar-refractivity contribution in [2.45, 2.75) is 12.2 Å². The van der Waals surface area contributed by atoms with Crippen molar-refractivity contribution in [3.8, 4) is 0 Å². The van der Waals surface area contributed by atoms with E-state index in [0.717, 1.165) is 19.8 Å². The molecule has 1 saturated carbocycles. The van der Waals surface area contributed by atoms with Crippen molar-refractivity contribution >= 4 is 0 Å². The summed E-state index contributed by atoms with van der Waals surface area (Å²) < 4.78 is 10.9. The highest BCUT2D eigenvalue weighted by molar-refractivity contribution is 5.03. The minimum absolute atomic E-state index is 0.404. The molecule has 2 aliphatic rings. The summed E-state index contributed by atoms with van der Waals surface area (Å²) in [6.45, 7) is 2.58. The van der Waals surface area contributed by atoms with Gasteiger partial charge in [-0.3, -0.25) is 0 Å². The second-order valence-electron chi connectivity index (χ2n) is 2.89. The van der Waals surface area contributed by atoms with Crippen molar-refractivity contribution < 1.29 is 9.47 Å². The van der Waals surface area contributed by atoms with E-state index in [9.17, 15) is 0 Å².